The molecular weight excluding hydrogens is 266 g/mol. The number of primary amides is 1. The number of amides is 1. The molecule has 1 amide bonds. The van der Waals surface area contributed by atoms with Gasteiger partial charge in [0, 0.05) is 19.7 Å². The maximum absolute atomic E-state index is 11.8. The predicted octanol–water partition coefficient (Wildman–Crippen LogP) is 0.827. The van der Waals surface area contributed by atoms with Crippen LogP contribution < -0.4 is 11.5 Å². The summed E-state index contributed by atoms with van der Waals surface area (Å²) in [5.74, 6) is -0.487. The van der Waals surface area contributed by atoms with Crippen LogP contribution in [0.2, 0.25) is 0 Å². The monoisotopic (exact) mass is 291 g/mol. The Kier molecular flexibility index (Phi) is 5.33. The molecule has 1 aliphatic heterocycles. The van der Waals surface area contributed by atoms with E-state index >= 15 is 0 Å². The molecule has 0 bridgehead atoms. The molecule has 0 aromatic heterocycles. The van der Waals surface area contributed by atoms with Crippen LogP contribution in [0.1, 0.15) is 24.8 Å². The molecule has 0 radical (unpaired) electrons. The lowest BCUT2D eigenvalue weighted by atomic mass is 9.86. The zero-order valence-electron chi connectivity index (χ0n) is 12.6. The Morgan fingerprint density at radius 1 is 1.43 bits per heavy atom. The highest BCUT2D eigenvalue weighted by Gasteiger charge is 2.34. The lowest BCUT2D eigenvalue weighted by molar-refractivity contribution is -0.123. The first kappa shape index (κ1) is 15.9. The van der Waals surface area contributed by atoms with Crippen LogP contribution in [0.3, 0.4) is 0 Å². The highest BCUT2D eigenvalue weighted by molar-refractivity contribution is 5.85. The van der Waals surface area contributed by atoms with Gasteiger partial charge in [-0.15, -0.1) is 0 Å². The molecule has 1 saturated heterocycles. The summed E-state index contributed by atoms with van der Waals surface area (Å²) in [4.78, 5) is 14.0. The van der Waals surface area contributed by atoms with E-state index in [2.05, 4.69) is 4.90 Å². The molecule has 4 N–H and O–H groups in total. The Bertz CT molecular complexity index is 460. The molecule has 116 valence electrons. The quantitative estimate of drug-likeness (QED) is 0.779. The van der Waals surface area contributed by atoms with E-state index in [1.54, 1.807) is 0 Å². The van der Waals surface area contributed by atoms with Gasteiger partial charge in [-0.2, -0.15) is 0 Å². The second kappa shape index (κ2) is 7.02. The summed E-state index contributed by atoms with van der Waals surface area (Å²) in [5, 5.41) is 0. The molecule has 2 atom stereocenters. The normalized spacial score (nSPS) is 21.4. The fourth-order valence-electron chi connectivity index (χ4n) is 2.74. The Morgan fingerprint density at radius 3 is 2.71 bits per heavy atom. The third-order valence-corrected chi connectivity index (χ3v) is 4.16. The van der Waals surface area contributed by atoms with E-state index in [0.29, 0.717) is 19.1 Å². The van der Waals surface area contributed by atoms with Gasteiger partial charge in [-0.25, -0.2) is 0 Å². The lowest BCUT2D eigenvalue weighted by Gasteiger charge is -2.29. The molecule has 1 aliphatic rings. The molecule has 1 aromatic rings. The number of hydrogen-bond acceptors (Lipinski definition) is 4. The third kappa shape index (κ3) is 4.03. The van der Waals surface area contributed by atoms with Crippen molar-refractivity contribution in [3.63, 3.8) is 0 Å². The Hall–Kier alpha value is -1.43. The maximum atomic E-state index is 11.8. The average Bonchev–Trinajstić information content (AvgIpc) is 2.98. The predicted molar refractivity (Wildman–Crippen MR) is 82.6 cm³/mol. The van der Waals surface area contributed by atoms with Crippen LogP contribution in [0.25, 0.3) is 0 Å². The van der Waals surface area contributed by atoms with Crippen LogP contribution in [0.4, 0.5) is 0 Å². The molecule has 0 spiro atoms. The number of carbonyl (C=O) groups is 1. The van der Waals surface area contributed by atoms with Crippen molar-refractivity contribution in [2.75, 3.05) is 26.7 Å². The molecule has 5 nitrogen and oxygen atoms in total. The number of benzene rings is 1. The van der Waals surface area contributed by atoms with Crippen LogP contribution in [-0.2, 0) is 15.1 Å². The molecule has 1 aromatic carbocycles. The Labute approximate surface area is 126 Å². The number of nitrogens with zero attached hydrogens (tertiary/aromatic N) is 1. The maximum Gasteiger partial charge on any atom is 0.242 e. The molecule has 2 unspecified atom stereocenters. The largest absolute Gasteiger partial charge is 0.377 e. The smallest absolute Gasteiger partial charge is 0.242 e. The molecule has 1 fully saturated rings. The minimum atomic E-state index is -1.12. The van der Waals surface area contributed by atoms with E-state index in [1.807, 2.05) is 37.4 Å². The van der Waals surface area contributed by atoms with Crippen LogP contribution >= 0.6 is 0 Å². The zero-order chi connectivity index (χ0) is 15.3. The first-order valence-corrected chi connectivity index (χ1v) is 7.47. The van der Waals surface area contributed by atoms with Gasteiger partial charge in [0.2, 0.25) is 5.91 Å². The zero-order valence-corrected chi connectivity index (χ0v) is 12.6. The van der Waals surface area contributed by atoms with Crippen molar-refractivity contribution >= 4 is 5.91 Å². The number of carbonyl (C=O) groups excluding carboxylic acids is 1. The van der Waals surface area contributed by atoms with Gasteiger partial charge in [-0.1, -0.05) is 30.3 Å². The van der Waals surface area contributed by atoms with Crippen LogP contribution in [-0.4, -0.2) is 43.7 Å². The molecule has 2 rings (SSSR count). The summed E-state index contributed by atoms with van der Waals surface area (Å²) in [7, 11) is 2.02. The SMILES string of the molecule is CN(CCC(N)(C(N)=O)c1ccccc1)CC1CCCO1. The van der Waals surface area contributed by atoms with Gasteiger partial charge in [-0.3, -0.25) is 4.79 Å². The lowest BCUT2D eigenvalue weighted by Crippen LogP contribution is -2.51. The number of likely N-dealkylation sites (N-methyl/N-ethyl adjacent to an activating group) is 1. The molecule has 5 heteroatoms. The van der Waals surface area contributed by atoms with E-state index in [4.69, 9.17) is 16.2 Å². The highest BCUT2D eigenvalue weighted by Crippen LogP contribution is 2.22. The van der Waals surface area contributed by atoms with E-state index < -0.39 is 11.4 Å². The van der Waals surface area contributed by atoms with Crippen molar-refractivity contribution in [2.24, 2.45) is 11.5 Å². The summed E-state index contributed by atoms with van der Waals surface area (Å²) in [5.41, 5.74) is 11.5. The van der Waals surface area contributed by atoms with Crippen molar-refractivity contribution in [1.29, 1.82) is 0 Å². The number of rotatable bonds is 7. The van der Waals surface area contributed by atoms with Crippen molar-refractivity contribution in [3.8, 4) is 0 Å². The fourth-order valence-corrected chi connectivity index (χ4v) is 2.74. The highest BCUT2D eigenvalue weighted by atomic mass is 16.5. The second-order valence-electron chi connectivity index (χ2n) is 5.85. The summed E-state index contributed by atoms with van der Waals surface area (Å²) in [6.45, 7) is 2.42. The summed E-state index contributed by atoms with van der Waals surface area (Å²) in [6.07, 6.45) is 3.03. The summed E-state index contributed by atoms with van der Waals surface area (Å²) >= 11 is 0. The van der Waals surface area contributed by atoms with E-state index in [1.165, 1.54) is 0 Å². The van der Waals surface area contributed by atoms with E-state index in [9.17, 15) is 4.79 Å². The minimum absolute atomic E-state index is 0.299. The average molecular weight is 291 g/mol. The van der Waals surface area contributed by atoms with Gasteiger partial charge in [0.25, 0.3) is 0 Å². The van der Waals surface area contributed by atoms with Gasteiger partial charge in [0.05, 0.1) is 6.10 Å². The van der Waals surface area contributed by atoms with Crippen LogP contribution in [0.15, 0.2) is 30.3 Å². The number of hydrogen-bond donors (Lipinski definition) is 2. The second-order valence-corrected chi connectivity index (χ2v) is 5.85. The fraction of sp³-hybridized carbons (Fsp3) is 0.562. The number of ether oxygens (including phenoxy) is 1. The molecule has 21 heavy (non-hydrogen) atoms. The number of nitrogens with two attached hydrogens (primary N) is 2. The third-order valence-electron chi connectivity index (χ3n) is 4.16. The van der Waals surface area contributed by atoms with Crippen molar-refractivity contribution in [3.05, 3.63) is 35.9 Å². The van der Waals surface area contributed by atoms with Crippen molar-refractivity contribution < 1.29 is 9.53 Å². The van der Waals surface area contributed by atoms with Gasteiger partial charge in [0.15, 0.2) is 0 Å². The summed E-state index contributed by atoms with van der Waals surface area (Å²) in [6, 6.07) is 9.34. The van der Waals surface area contributed by atoms with Crippen molar-refractivity contribution in [1.82, 2.24) is 4.90 Å². The topological polar surface area (TPSA) is 81.6 Å². The van der Waals surface area contributed by atoms with Gasteiger partial charge >= 0.3 is 0 Å². The molecule has 0 aliphatic carbocycles. The van der Waals surface area contributed by atoms with E-state index in [0.717, 1.165) is 31.6 Å². The van der Waals surface area contributed by atoms with Gasteiger partial charge in [-0.05, 0) is 31.9 Å². The van der Waals surface area contributed by atoms with Crippen molar-refractivity contribution in [2.45, 2.75) is 30.9 Å². The summed E-state index contributed by atoms with van der Waals surface area (Å²) < 4.78 is 5.62. The van der Waals surface area contributed by atoms with E-state index in [-0.39, 0.29) is 0 Å². The molecule has 0 saturated carbocycles. The molecule has 1 heterocycles. The first-order chi connectivity index (χ1) is 10.0. The Balaban J connectivity index is 1.95. The van der Waals surface area contributed by atoms with Crippen LogP contribution in [0, 0.1) is 0 Å². The standard InChI is InChI=1S/C16H25N3O2/c1-19(12-14-8-5-11-21-14)10-9-16(18,15(17)20)13-6-3-2-4-7-13/h2-4,6-7,14H,5,8-12,18H2,1H3,(H2,17,20). The first-order valence-electron chi connectivity index (χ1n) is 7.47. The van der Waals surface area contributed by atoms with Crippen LogP contribution in [0.5, 0.6) is 0 Å². The van der Waals surface area contributed by atoms with Gasteiger partial charge in [0.1, 0.15) is 5.54 Å². The Morgan fingerprint density at radius 2 is 2.14 bits per heavy atom. The minimum Gasteiger partial charge on any atom is -0.377 e. The molecular formula is C16H25N3O2. The van der Waals surface area contributed by atoms with Gasteiger partial charge < -0.3 is 21.1 Å².